The van der Waals surface area contributed by atoms with Crippen LogP contribution in [0.3, 0.4) is 0 Å². The molecule has 4 bridgehead atoms. The molecule has 2 N–H and O–H groups in total. The number of nitrogens with one attached hydrogen (secondary N) is 2. The highest BCUT2D eigenvalue weighted by atomic mass is 32.2. The topological polar surface area (TPSA) is 109 Å². The molecule has 0 radical (unpaired) electrons. The van der Waals surface area contributed by atoms with Gasteiger partial charge in [-0.05, 0) is 98.7 Å². The van der Waals surface area contributed by atoms with E-state index in [0.717, 1.165) is 81.2 Å². The molecule has 2 aromatic rings. The lowest BCUT2D eigenvalue weighted by Gasteiger charge is -2.56. The van der Waals surface area contributed by atoms with E-state index in [4.69, 9.17) is 0 Å². The number of sulfonamides is 1. The van der Waals surface area contributed by atoms with Crippen LogP contribution in [-0.2, 0) is 26.0 Å². The number of carbonyl (C=O) groups excluding carboxylic acids is 1. The number of halogens is 3. The van der Waals surface area contributed by atoms with E-state index in [9.17, 15) is 34.8 Å². The van der Waals surface area contributed by atoms with Crippen molar-refractivity contribution in [2.75, 3.05) is 11.0 Å². The van der Waals surface area contributed by atoms with Crippen molar-refractivity contribution < 1.29 is 34.8 Å². The molecule has 7 nitrogen and oxygen atoms in total. The first-order chi connectivity index (χ1) is 17.1. The number of carbonyl (C=O) groups is 1. The molecular formula is C25H27F3N2O5S2. The van der Waals surface area contributed by atoms with Crippen molar-refractivity contribution in [3.63, 3.8) is 0 Å². The molecule has 200 valence electrons. The zero-order valence-electron chi connectivity index (χ0n) is 20.0. The molecular weight excluding hydrogens is 529 g/mol. The first-order valence-corrected chi connectivity index (χ1v) is 15.4. The third-order valence-corrected chi connectivity index (χ3v) is 10.3. The van der Waals surface area contributed by atoms with Crippen molar-refractivity contribution in [2.24, 2.45) is 17.8 Å². The van der Waals surface area contributed by atoms with Gasteiger partial charge < -0.3 is 5.32 Å². The van der Waals surface area contributed by atoms with E-state index < -0.39 is 48.7 Å². The third-order valence-electron chi connectivity index (χ3n) is 7.81. The quantitative estimate of drug-likeness (QED) is 0.540. The number of benzene rings is 2. The van der Waals surface area contributed by atoms with Gasteiger partial charge in [0.15, 0.2) is 9.84 Å². The second-order valence-electron chi connectivity index (χ2n) is 10.8. The van der Waals surface area contributed by atoms with Crippen LogP contribution in [0.5, 0.6) is 0 Å². The molecule has 4 saturated carbocycles. The Morgan fingerprint density at radius 2 is 1.38 bits per heavy atom. The minimum absolute atomic E-state index is 0.110. The molecule has 0 unspecified atom stereocenters. The Labute approximate surface area is 213 Å². The van der Waals surface area contributed by atoms with E-state index in [1.54, 1.807) is 0 Å². The fraction of sp³-hybridized carbons (Fsp3) is 0.480. The van der Waals surface area contributed by atoms with Crippen LogP contribution in [-0.4, -0.2) is 34.5 Å². The number of hydrogen-bond donors (Lipinski definition) is 2. The molecule has 0 heterocycles. The highest BCUT2D eigenvalue weighted by Crippen LogP contribution is 2.55. The Hall–Kier alpha value is -2.60. The lowest BCUT2D eigenvalue weighted by molar-refractivity contribution is -0.137. The van der Waals surface area contributed by atoms with Crippen LogP contribution in [0.1, 0.15) is 54.4 Å². The van der Waals surface area contributed by atoms with Gasteiger partial charge in [0.25, 0.3) is 15.9 Å². The van der Waals surface area contributed by atoms with E-state index >= 15 is 0 Å². The molecule has 6 rings (SSSR count). The van der Waals surface area contributed by atoms with Gasteiger partial charge >= 0.3 is 6.18 Å². The first-order valence-electron chi connectivity index (χ1n) is 12.0. The summed E-state index contributed by atoms with van der Waals surface area (Å²) < 4.78 is 92.0. The maximum Gasteiger partial charge on any atom is 0.416 e. The van der Waals surface area contributed by atoms with Gasteiger partial charge in [-0.3, -0.25) is 9.52 Å². The molecule has 2 aromatic carbocycles. The number of rotatable bonds is 6. The fourth-order valence-corrected chi connectivity index (χ4v) is 8.35. The SMILES string of the molecule is CS(=O)(=O)c1ccc(S(=O)(=O)Nc2cc(C(F)(F)F)ccc2C(=O)NC23CC4CC(CC(C4)C2)C3)cc1. The number of alkyl halides is 3. The van der Waals surface area contributed by atoms with Crippen molar-refractivity contribution in [1.29, 1.82) is 0 Å². The average molecular weight is 557 g/mol. The van der Waals surface area contributed by atoms with Gasteiger partial charge in [-0.25, -0.2) is 16.8 Å². The zero-order chi connectivity index (χ0) is 26.8. The highest BCUT2D eigenvalue weighted by molar-refractivity contribution is 7.92. The Morgan fingerprint density at radius 1 is 0.865 bits per heavy atom. The molecule has 4 aliphatic carbocycles. The van der Waals surface area contributed by atoms with Gasteiger partial charge in [-0.15, -0.1) is 0 Å². The van der Waals surface area contributed by atoms with Gasteiger partial charge in [0, 0.05) is 11.8 Å². The molecule has 1 amide bonds. The van der Waals surface area contributed by atoms with Crippen LogP contribution in [0.2, 0.25) is 0 Å². The Balaban J connectivity index is 1.46. The number of anilines is 1. The molecule has 37 heavy (non-hydrogen) atoms. The predicted molar refractivity (Wildman–Crippen MR) is 130 cm³/mol. The van der Waals surface area contributed by atoms with Gasteiger partial charge in [-0.2, -0.15) is 13.2 Å². The summed E-state index contributed by atoms with van der Waals surface area (Å²) in [5.41, 5.74) is -2.24. The molecule has 0 aromatic heterocycles. The maximum absolute atomic E-state index is 13.5. The smallest absolute Gasteiger partial charge is 0.347 e. The van der Waals surface area contributed by atoms with E-state index in [2.05, 4.69) is 10.0 Å². The molecule has 12 heteroatoms. The van der Waals surface area contributed by atoms with Gasteiger partial charge in [0.05, 0.1) is 26.6 Å². The predicted octanol–water partition coefficient (Wildman–Crippen LogP) is 4.61. The number of amides is 1. The second kappa shape index (κ2) is 8.72. The molecule has 0 spiro atoms. The van der Waals surface area contributed by atoms with Crippen molar-refractivity contribution in [3.05, 3.63) is 53.6 Å². The minimum Gasteiger partial charge on any atom is -0.347 e. The zero-order valence-corrected chi connectivity index (χ0v) is 21.6. The van der Waals surface area contributed by atoms with E-state index in [1.807, 2.05) is 0 Å². The minimum atomic E-state index is -4.76. The van der Waals surface area contributed by atoms with Crippen LogP contribution < -0.4 is 10.0 Å². The summed E-state index contributed by atoms with van der Waals surface area (Å²) in [5, 5.41) is 3.07. The van der Waals surface area contributed by atoms with Gasteiger partial charge in [0.1, 0.15) is 0 Å². The van der Waals surface area contributed by atoms with Gasteiger partial charge in [-0.1, -0.05) is 0 Å². The normalized spacial score (nSPS) is 27.2. The van der Waals surface area contributed by atoms with Crippen LogP contribution in [0, 0.1) is 17.8 Å². The first kappa shape index (κ1) is 26.0. The van der Waals surface area contributed by atoms with E-state index in [-0.39, 0.29) is 15.4 Å². The number of hydrogen-bond acceptors (Lipinski definition) is 5. The maximum atomic E-state index is 13.5. The lowest BCUT2D eigenvalue weighted by atomic mass is 9.53. The Morgan fingerprint density at radius 3 is 1.86 bits per heavy atom. The van der Waals surface area contributed by atoms with Crippen molar-refractivity contribution in [2.45, 2.75) is 60.0 Å². The summed E-state index contributed by atoms with van der Waals surface area (Å²) in [4.78, 5) is 12.9. The van der Waals surface area contributed by atoms with Crippen LogP contribution in [0.15, 0.2) is 52.3 Å². The largest absolute Gasteiger partial charge is 0.416 e. The monoisotopic (exact) mass is 556 g/mol. The number of sulfone groups is 1. The van der Waals surface area contributed by atoms with Crippen LogP contribution in [0.25, 0.3) is 0 Å². The average Bonchev–Trinajstić information content (AvgIpc) is 2.76. The summed E-state index contributed by atoms with van der Waals surface area (Å²) in [6.07, 6.45) is 2.07. The summed E-state index contributed by atoms with van der Waals surface area (Å²) >= 11 is 0. The highest BCUT2D eigenvalue weighted by Gasteiger charge is 2.51. The summed E-state index contributed by atoms with van der Waals surface area (Å²) in [7, 11) is -8.02. The Bertz CT molecular complexity index is 1420. The second-order valence-corrected chi connectivity index (χ2v) is 14.5. The van der Waals surface area contributed by atoms with Crippen molar-refractivity contribution in [3.8, 4) is 0 Å². The van der Waals surface area contributed by atoms with Crippen LogP contribution in [0.4, 0.5) is 18.9 Å². The lowest BCUT2D eigenvalue weighted by Crippen LogP contribution is -2.59. The third kappa shape index (κ3) is 5.22. The Kier molecular flexibility index (Phi) is 6.14. The fourth-order valence-electron chi connectivity index (χ4n) is 6.64. The van der Waals surface area contributed by atoms with Crippen LogP contribution >= 0.6 is 0 Å². The molecule has 0 aliphatic heterocycles. The molecule has 4 fully saturated rings. The molecule has 0 saturated heterocycles. The molecule has 4 aliphatic rings. The summed E-state index contributed by atoms with van der Waals surface area (Å²) in [6.45, 7) is 0. The van der Waals surface area contributed by atoms with Crippen molar-refractivity contribution in [1.82, 2.24) is 5.32 Å². The standard InChI is InChI=1S/C25H27F3N2O5S2/c1-36(32,33)19-3-5-20(6-4-19)37(34,35)30-22-11-18(25(26,27)28)2-7-21(22)23(31)29-24-12-15-8-16(13-24)10-17(9-15)14-24/h2-7,11,15-17,30H,8-10,12-14H2,1H3,(H,29,31). The van der Waals surface area contributed by atoms with Crippen molar-refractivity contribution >= 4 is 31.5 Å². The molecule has 0 atom stereocenters. The van der Waals surface area contributed by atoms with E-state index in [1.165, 1.54) is 0 Å². The summed E-state index contributed by atoms with van der Waals surface area (Å²) in [5.74, 6) is 0.937. The summed E-state index contributed by atoms with van der Waals surface area (Å²) in [6, 6.07) is 6.63. The van der Waals surface area contributed by atoms with Gasteiger partial charge in [0.2, 0.25) is 0 Å². The van der Waals surface area contributed by atoms with E-state index in [0.29, 0.717) is 23.8 Å².